The van der Waals surface area contributed by atoms with E-state index in [1.807, 2.05) is 30.0 Å². The second-order valence-electron chi connectivity index (χ2n) is 6.23. The number of nitrogens with zero attached hydrogens (tertiary/aromatic N) is 2. The molecule has 2 aromatic rings. The number of aromatic nitrogens is 1. The predicted octanol–water partition coefficient (Wildman–Crippen LogP) is 3.91. The highest BCUT2D eigenvalue weighted by atomic mass is 19.1. The number of benzene rings is 1. The van der Waals surface area contributed by atoms with E-state index < -0.39 is 0 Å². The van der Waals surface area contributed by atoms with Gasteiger partial charge < -0.3 is 4.90 Å². The van der Waals surface area contributed by atoms with E-state index in [0.717, 1.165) is 18.4 Å². The van der Waals surface area contributed by atoms with Crippen LogP contribution in [0.4, 0.5) is 4.39 Å². The first-order valence-electron chi connectivity index (χ1n) is 8.08. The van der Waals surface area contributed by atoms with Crippen molar-refractivity contribution in [1.29, 1.82) is 0 Å². The summed E-state index contributed by atoms with van der Waals surface area (Å²) in [6.07, 6.45) is 5.94. The highest BCUT2D eigenvalue weighted by Gasteiger charge is 2.33. The number of carbonyl (C=O) groups is 1. The van der Waals surface area contributed by atoms with Crippen LogP contribution in [0.5, 0.6) is 0 Å². The fraction of sp³-hybridized carbons (Fsp3) is 0.368. The average Bonchev–Trinajstić information content (AvgIpc) is 3.38. The van der Waals surface area contributed by atoms with Crippen molar-refractivity contribution in [3.8, 4) is 0 Å². The van der Waals surface area contributed by atoms with E-state index in [-0.39, 0.29) is 17.6 Å². The Balaban J connectivity index is 1.68. The predicted molar refractivity (Wildman–Crippen MR) is 87.2 cm³/mol. The van der Waals surface area contributed by atoms with Crippen LogP contribution in [-0.4, -0.2) is 21.8 Å². The third-order valence-corrected chi connectivity index (χ3v) is 4.33. The number of rotatable bonds is 6. The molecule has 1 aromatic heterocycles. The Labute approximate surface area is 136 Å². The Morgan fingerprint density at radius 3 is 2.61 bits per heavy atom. The molecule has 1 aliphatic rings. The Hall–Kier alpha value is -2.23. The smallest absolute Gasteiger partial charge is 0.223 e. The van der Waals surface area contributed by atoms with Gasteiger partial charge in [-0.3, -0.25) is 9.78 Å². The maximum Gasteiger partial charge on any atom is 0.223 e. The minimum atomic E-state index is -0.236. The third-order valence-electron chi connectivity index (χ3n) is 4.33. The Bertz CT molecular complexity index is 670. The summed E-state index contributed by atoms with van der Waals surface area (Å²) in [5.74, 6) is -0.262. The largest absolute Gasteiger partial charge is 0.335 e. The molecule has 1 atom stereocenters. The maximum absolute atomic E-state index is 13.9. The highest BCUT2D eigenvalue weighted by Crippen LogP contribution is 2.31. The van der Waals surface area contributed by atoms with Crippen LogP contribution in [0, 0.1) is 5.82 Å². The van der Waals surface area contributed by atoms with Gasteiger partial charge in [0.2, 0.25) is 5.91 Å². The molecule has 1 aliphatic carbocycles. The molecule has 0 saturated heterocycles. The van der Waals surface area contributed by atoms with Gasteiger partial charge in [-0.05, 0) is 48.1 Å². The molecule has 23 heavy (non-hydrogen) atoms. The topological polar surface area (TPSA) is 33.2 Å². The molecule has 0 radical (unpaired) electrons. The molecule has 0 N–H and O–H groups in total. The summed E-state index contributed by atoms with van der Waals surface area (Å²) in [7, 11) is 0. The van der Waals surface area contributed by atoms with E-state index in [1.165, 1.54) is 6.07 Å². The van der Waals surface area contributed by atoms with Gasteiger partial charge in [0.1, 0.15) is 5.82 Å². The van der Waals surface area contributed by atoms with Crippen molar-refractivity contribution in [3.05, 3.63) is 65.7 Å². The summed E-state index contributed by atoms with van der Waals surface area (Å²) in [6.45, 7) is 2.52. The van der Waals surface area contributed by atoms with Crippen molar-refractivity contribution in [2.75, 3.05) is 0 Å². The van der Waals surface area contributed by atoms with Gasteiger partial charge in [0, 0.05) is 31.4 Å². The third kappa shape index (κ3) is 3.95. The minimum Gasteiger partial charge on any atom is -0.335 e. The summed E-state index contributed by atoms with van der Waals surface area (Å²) in [5.41, 5.74) is 1.69. The summed E-state index contributed by atoms with van der Waals surface area (Å²) in [5, 5.41) is 0. The van der Waals surface area contributed by atoms with Gasteiger partial charge in [0.15, 0.2) is 0 Å². The monoisotopic (exact) mass is 312 g/mol. The zero-order valence-corrected chi connectivity index (χ0v) is 13.3. The van der Waals surface area contributed by atoms with E-state index in [2.05, 4.69) is 4.98 Å². The van der Waals surface area contributed by atoms with Gasteiger partial charge in [-0.25, -0.2) is 4.39 Å². The maximum atomic E-state index is 13.9. The Kier molecular flexibility index (Phi) is 4.70. The molecule has 1 aromatic carbocycles. The van der Waals surface area contributed by atoms with Crippen molar-refractivity contribution in [2.24, 2.45) is 0 Å². The van der Waals surface area contributed by atoms with E-state index in [9.17, 15) is 9.18 Å². The average molecular weight is 312 g/mol. The zero-order chi connectivity index (χ0) is 16.2. The normalized spacial score (nSPS) is 15.2. The summed E-state index contributed by atoms with van der Waals surface area (Å²) < 4.78 is 13.9. The van der Waals surface area contributed by atoms with Crippen molar-refractivity contribution in [3.63, 3.8) is 0 Å². The van der Waals surface area contributed by atoms with Crippen molar-refractivity contribution in [2.45, 2.75) is 44.7 Å². The molecule has 3 rings (SSSR count). The first-order valence-corrected chi connectivity index (χ1v) is 8.08. The molecule has 0 spiro atoms. The van der Waals surface area contributed by atoms with Crippen molar-refractivity contribution < 1.29 is 9.18 Å². The Morgan fingerprint density at radius 2 is 1.96 bits per heavy atom. The zero-order valence-electron chi connectivity index (χ0n) is 13.3. The Morgan fingerprint density at radius 1 is 1.26 bits per heavy atom. The molecule has 1 unspecified atom stereocenters. The summed E-state index contributed by atoms with van der Waals surface area (Å²) in [4.78, 5) is 18.7. The molecule has 120 valence electrons. The van der Waals surface area contributed by atoms with E-state index in [4.69, 9.17) is 0 Å². The number of carbonyl (C=O) groups excluding carboxylic acids is 1. The van der Waals surface area contributed by atoms with Gasteiger partial charge in [-0.2, -0.15) is 0 Å². The van der Waals surface area contributed by atoms with Crippen LogP contribution in [0.25, 0.3) is 0 Å². The van der Waals surface area contributed by atoms with Crippen LogP contribution in [-0.2, 0) is 11.3 Å². The van der Waals surface area contributed by atoms with Crippen LogP contribution in [0.2, 0.25) is 0 Å². The van der Waals surface area contributed by atoms with Gasteiger partial charge in [0.25, 0.3) is 0 Å². The van der Waals surface area contributed by atoms with Crippen molar-refractivity contribution in [1.82, 2.24) is 9.88 Å². The lowest BCUT2D eigenvalue weighted by Crippen LogP contribution is -2.33. The lowest BCUT2D eigenvalue weighted by atomic mass is 9.96. The van der Waals surface area contributed by atoms with Gasteiger partial charge >= 0.3 is 0 Å². The van der Waals surface area contributed by atoms with Gasteiger partial charge in [0.05, 0.1) is 0 Å². The van der Waals surface area contributed by atoms with E-state index in [0.29, 0.717) is 24.6 Å². The van der Waals surface area contributed by atoms with Crippen molar-refractivity contribution >= 4 is 5.91 Å². The van der Waals surface area contributed by atoms with E-state index >= 15 is 0 Å². The lowest BCUT2D eigenvalue weighted by molar-refractivity contribution is -0.132. The van der Waals surface area contributed by atoms with Crippen LogP contribution in [0.1, 0.15) is 43.2 Å². The second-order valence-corrected chi connectivity index (χ2v) is 6.23. The molecule has 0 bridgehead atoms. The number of hydrogen-bond acceptors (Lipinski definition) is 2. The van der Waals surface area contributed by atoms with Gasteiger partial charge in [-0.15, -0.1) is 0 Å². The fourth-order valence-electron chi connectivity index (χ4n) is 2.86. The van der Waals surface area contributed by atoms with Gasteiger partial charge in [-0.1, -0.05) is 25.1 Å². The molecule has 1 saturated carbocycles. The lowest BCUT2D eigenvalue weighted by Gasteiger charge is -2.24. The van der Waals surface area contributed by atoms with E-state index in [1.54, 1.807) is 24.5 Å². The van der Waals surface area contributed by atoms with Crippen LogP contribution < -0.4 is 0 Å². The second kappa shape index (κ2) is 6.90. The molecule has 1 amide bonds. The number of amides is 1. The highest BCUT2D eigenvalue weighted by molar-refractivity contribution is 5.77. The molecule has 1 fully saturated rings. The summed E-state index contributed by atoms with van der Waals surface area (Å²) >= 11 is 0. The summed E-state index contributed by atoms with van der Waals surface area (Å²) in [6, 6.07) is 10.9. The number of hydrogen-bond donors (Lipinski definition) is 0. The number of halogens is 1. The molecule has 4 heteroatoms. The first kappa shape index (κ1) is 15.7. The first-order chi connectivity index (χ1) is 11.1. The van der Waals surface area contributed by atoms with Crippen LogP contribution >= 0.6 is 0 Å². The molecule has 1 heterocycles. The SMILES string of the molecule is CC(CC(=O)N(Cc1ccncc1)C1CC1)c1ccccc1F. The molecule has 3 nitrogen and oxygen atoms in total. The standard InChI is InChI=1S/C19H21FN2O/c1-14(17-4-2-3-5-18(17)20)12-19(23)22(16-6-7-16)13-15-8-10-21-11-9-15/h2-5,8-11,14,16H,6-7,12-13H2,1H3. The molecule has 0 aliphatic heterocycles. The quantitative estimate of drug-likeness (QED) is 0.810. The molecular weight excluding hydrogens is 291 g/mol. The minimum absolute atomic E-state index is 0.0973. The number of pyridine rings is 1. The fourth-order valence-corrected chi connectivity index (χ4v) is 2.86. The van der Waals surface area contributed by atoms with Crippen LogP contribution in [0.15, 0.2) is 48.8 Å². The molecular formula is C19H21FN2O. The van der Waals surface area contributed by atoms with Crippen LogP contribution in [0.3, 0.4) is 0 Å².